The first-order valence-electron chi connectivity index (χ1n) is 6.65. The summed E-state index contributed by atoms with van der Waals surface area (Å²) in [5, 5.41) is 11.7. The number of tetrazole rings is 1. The van der Waals surface area contributed by atoms with Gasteiger partial charge in [0.05, 0.1) is 7.05 Å². The Morgan fingerprint density at radius 3 is 2.81 bits per heavy atom. The molecule has 0 fully saturated rings. The summed E-state index contributed by atoms with van der Waals surface area (Å²) < 4.78 is 16.6. The second kappa shape index (κ2) is 5.57. The van der Waals surface area contributed by atoms with Crippen molar-refractivity contribution >= 4 is 0 Å². The number of ether oxygens (including phenoxy) is 3. The third kappa shape index (κ3) is 3.05. The van der Waals surface area contributed by atoms with Gasteiger partial charge in [0.25, 0.3) is 0 Å². The molecule has 0 saturated heterocycles. The van der Waals surface area contributed by atoms with Gasteiger partial charge in [-0.05, 0) is 30.2 Å². The van der Waals surface area contributed by atoms with Crippen LogP contribution in [0.2, 0.25) is 0 Å². The third-order valence-corrected chi connectivity index (χ3v) is 3.00. The second-order valence-corrected chi connectivity index (χ2v) is 4.98. The maximum atomic E-state index is 5.88. The first-order chi connectivity index (χ1) is 10.1. The number of nitrogens with two attached hydrogens (primary N) is 1. The quantitative estimate of drug-likeness (QED) is 0.851. The van der Waals surface area contributed by atoms with Crippen molar-refractivity contribution < 1.29 is 14.2 Å². The van der Waals surface area contributed by atoms with Gasteiger partial charge in [-0.3, -0.25) is 0 Å². The van der Waals surface area contributed by atoms with Crippen LogP contribution >= 0.6 is 0 Å². The number of hydrogen-bond donors (Lipinski definition) is 1. The van der Waals surface area contributed by atoms with Crippen LogP contribution in [-0.2, 0) is 20.1 Å². The molecule has 1 aromatic carbocycles. The standard InChI is InChI=1S/C13H17N5O3/c1-8(14)3-9-4-11-12(21-7-20-11)5-10(9)19-6-13-15-17-18(2)16-13/h4-5,8H,3,6-7,14H2,1-2H3. The molecule has 8 heteroatoms. The fourth-order valence-electron chi connectivity index (χ4n) is 2.13. The molecule has 1 aromatic heterocycles. The van der Waals surface area contributed by atoms with Crippen molar-refractivity contribution in [3.63, 3.8) is 0 Å². The van der Waals surface area contributed by atoms with E-state index in [0.29, 0.717) is 23.7 Å². The van der Waals surface area contributed by atoms with Gasteiger partial charge >= 0.3 is 0 Å². The molecule has 0 bridgehead atoms. The Balaban J connectivity index is 1.81. The van der Waals surface area contributed by atoms with E-state index in [1.165, 1.54) is 4.80 Å². The Morgan fingerprint density at radius 2 is 2.14 bits per heavy atom. The molecule has 0 spiro atoms. The third-order valence-electron chi connectivity index (χ3n) is 3.00. The van der Waals surface area contributed by atoms with E-state index in [4.69, 9.17) is 19.9 Å². The van der Waals surface area contributed by atoms with E-state index in [1.54, 1.807) is 7.05 Å². The summed E-state index contributed by atoms with van der Waals surface area (Å²) in [6, 6.07) is 3.74. The average Bonchev–Trinajstić information content (AvgIpc) is 3.03. The Bertz CT molecular complexity index is 641. The summed E-state index contributed by atoms with van der Waals surface area (Å²) in [6.45, 7) is 2.40. The highest BCUT2D eigenvalue weighted by molar-refractivity contribution is 5.52. The van der Waals surface area contributed by atoms with Crippen LogP contribution in [0.3, 0.4) is 0 Å². The van der Waals surface area contributed by atoms with Crippen LogP contribution in [0.4, 0.5) is 0 Å². The van der Waals surface area contributed by atoms with E-state index in [0.717, 1.165) is 11.3 Å². The zero-order valence-electron chi connectivity index (χ0n) is 11.9. The minimum Gasteiger partial charge on any atom is -0.485 e. The van der Waals surface area contributed by atoms with Gasteiger partial charge in [-0.25, -0.2) is 0 Å². The average molecular weight is 291 g/mol. The lowest BCUT2D eigenvalue weighted by atomic mass is 10.1. The summed E-state index contributed by atoms with van der Waals surface area (Å²) in [5.41, 5.74) is 6.85. The minimum atomic E-state index is 0.0161. The fourth-order valence-corrected chi connectivity index (χ4v) is 2.13. The predicted octanol–water partition coefficient (Wildman–Crippen LogP) is 0.407. The van der Waals surface area contributed by atoms with Crippen molar-refractivity contribution in [1.82, 2.24) is 20.2 Å². The summed E-state index contributed by atoms with van der Waals surface area (Å²) in [5.74, 6) is 2.60. The number of benzene rings is 1. The van der Waals surface area contributed by atoms with Crippen LogP contribution in [0.25, 0.3) is 0 Å². The smallest absolute Gasteiger partial charge is 0.231 e. The summed E-state index contributed by atoms with van der Waals surface area (Å²) in [6.07, 6.45) is 0.680. The molecule has 1 unspecified atom stereocenters. The molecule has 1 aliphatic heterocycles. The van der Waals surface area contributed by atoms with E-state index >= 15 is 0 Å². The largest absolute Gasteiger partial charge is 0.485 e. The van der Waals surface area contributed by atoms with Gasteiger partial charge in [-0.1, -0.05) is 0 Å². The van der Waals surface area contributed by atoms with Gasteiger partial charge in [0, 0.05) is 12.1 Å². The molecule has 3 rings (SSSR count). The van der Waals surface area contributed by atoms with Crippen LogP contribution in [0.5, 0.6) is 17.2 Å². The van der Waals surface area contributed by atoms with Gasteiger partial charge in [0.1, 0.15) is 5.75 Å². The van der Waals surface area contributed by atoms with Crippen molar-refractivity contribution in [3.05, 3.63) is 23.5 Å². The highest BCUT2D eigenvalue weighted by atomic mass is 16.7. The molecule has 1 atom stereocenters. The minimum absolute atomic E-state index is 0.0161. The van der Waals surface area contributed by atoms with Crippen molar-refractivity contribution in [2.24, 2.45) is 12.8 Å². The van der Waals surface area contributed by atoms with Crippen LogP contribution in [0, 0.1) is 0 Å². The molecule has 2 N–H and O–H groups in total. The Kier molecular flexibility index (Phi) is 3.61. The molecule has 8 nitrogen and oxygen atoms in total. The first-order valence-corrected chi connectivity index (χ1v) is 6.65. The highest BCUT2D eigenvalue weighted by Crippen LogP contribution is 2.38. The van der Waals surface area contributed by atoms with E-state index in [9.17, 15) is 0 Å². The predicted molar refractivity (Wildman–Crippen MR) is 73.0 cm³/mol. The lowest BCUT2D eigenvalue weighted by molar-refractivity contribution is 0.173. The molecular formula is C13H17N5O3. The molecule has 112 valence electrons. The first kappa shape index (κ1) is 13.6. The topological polar surface area (TPSA) is 97.3 Å². The molecule has 1 aliphatic rings. The van der Waals surface area contributed by atoms with Gasteiger partial charge in [-0.15, -0.1) is 10.2 Å². The lowest BCUT2D eigenvalue weighted by Crippen LogP contribution is -2.18. The molecule has 0 amide bonds. The molecule has 2 heterocycles. The van der Waals surface area contributed by atoms with Gasteiger partial charge in [0.15, 0.2) is 18.1 Å². The van der Waals surface area contributed by atoms with Crippen LogP contribution in [-0.4, -0.2) is 33.0 Å². The number of nitrogens with zero attached hydrogens (tertiary/aromatic N) is 4. The van der Waals surface area contributed by atoms with Crippen molar-refractivity contribution in [2.75, 3.05) is 6.79 Å². The normalized spacial score (nSPS) is 14.2. The van der Waals surface area contributed by atoms with Crippen molar-refractivity contribution in [2.45, 2.75) is 26.0 Å². The molecule has 21 heavy (non-hydrogen) atoms. The van der Waals surface area contributed by atoms with Crippen LogP contribution < -0.4 is 19.9 Å². The van der Waals surface area contributed by atoms with Crippen LogP contribution in [0.1, 0.15) is 18.3 Å². The van der Waals surface area contributed by atoms with E-state index < -0.39 is 0 Å². The number of fused-ring (bicyclic) bond motifs is 1. The number of hydrogen-bond acceptors (Lipinski definition) is 7. The van der Waals surface area contributed by atoms with E-state index in [-0.39, 0.29) is 19.4 Å². The van der Waals surface area contributed by atoms with Gasteiger partial charge < -0.3 is 19.9 Å². The molecule has 0 saturated carbocycles. The number of aromatic nitrogens is 4. The lowest BCUT2D eigenvalue weighted by Gasteiger charge is -2.13. The van der Waals surface area contributed by atoms with Crippen molar-refractivity contribution in [3.8, 4) is 17.2 Å². The zero-order chi connectivity index (χ0) is 14.8. The maximum Gasteiger partial charge on any atom is 0.231 e. The molecule has 0 aliphatic carbocycles. The Labute approximate surface area is 121 Å². The Morgan fingerprint density at radius 1 is 1.38 bits per heavy atom. The molecule has 2 aromatic rings. The summed E-state index contributed by atoms with van der Waals surface area (Å²) in [7, 11) is 1.71. The monoisotopic (exact) mass is 291 g/mol. The highest BCUT2D eigenvalue weighted by Gasteiger charge is 2.19. The second-order valence-electron chi connectivity index (χ2n) is 4.98. The van der Waals surface area contributed by atoms with Crippen molar-refractivity contribution in [1.29, 1.82) is 0 Å². The van der Waals surface area contributed by atoms with Gasteiger partial charge in [0.2, 0.25) is 12.6 Å². The Hall–Kier alpha value is -2.35. The zero-order valence-corrected chi connectivity index (χ0v) is 11.9. The maximum absolute atomic E-state index is 5.88. The summed E-state index contributed by atoms with van der Waals surface area (Å²) in [4.78, 5) is 1.39. The van der Waals surface area contributed by atoms with E-state index in [1.807, 2.05) is 19.1 Å². The van der Waals surface area contributed by atoms with Crippen LogP contribution in [0.15, 0.2) is 12.1 Å². The SMILES string of the molecule is CC(N)Cc1cc2c(cc1OCc1nnn(C)n1)OCO2. The molecule has 0 radical (unpaired) electrons. The summed E-state index contributed by atoms with van der Waals surface area (Å²) >= 11 is 0. The van der Waals surface area contributed by atoms with E-state index in [2.05, 4.69) is 15.4 Å². The number of aryl methyl sites for hydroxylation is 1. The molecular weight excluding hydrogens is 274 g/mol. The number of rotatable bonds is 5. The fraction of sp³-hybridized carbons (Fsp3) is 0.462. The van der Waals surface area contributed by atoms with Gasteiger partial charge in [-0.2, -0.15) is 4.80 Å².